The molecular formula is C33H28ClFN4O5. The first-order chi connectivity index (χ1) is 21.3. The van der Waals surface area contributed by atoms with E-state index in [1.165, 1.54) is 12.3 Å². The molecule has 224 valence electrons. The van der Waals surface area contributed by atoms with E-state index in [0.717, 1.165) is 16.7 Å². The molecule has 44 heavy (non-hydrogen) atoms. The first-order valence-electron chi connectivity index (χ1n) is 13.8. The Morgan fingerprint density at radius 1 is 1.07 bits per heavy atom. The van der Waals surface area contributed by atoms with Crippen LogP contribution < -0.4 is 20.1 Å². The number of benzene rings is 3. The Hall–Kier alpha value is -4.98. The summed E-state index contributed by atoms with van der Waals surface area (Å²) in [5, 5.41) is 23.6. The molecule has 0 aliphatic heterocycles. The van der Waals surface area contributed by atoms with Crippen molar-refractivity contribution in [3.05, 3.63) is 112 Å². The molecule has 0 saturated heterocycles. The summed E-state index contributed by atoms with van der Waals surface area (Å²) < 4.78 is 27.2. The number of aromatic nitrogens is 1. The fourth-order valence-electron chi connectivity index (χ4n) is 5.10. The quantitative estimate of drug-likeness (QED) is 0.195. The van der Waals surface area contributed by atoms with Crippen LogP contribution in [0.5, 0.6) is 11.5 Å². The predicted octanol–water partition coefficient (Wildman–Crippen LogP) is 5.35. The van der Waals surface area contributed by atoms with E-state index in [0.29, 0.717) is 51.6 Å². The third-order valence-electron chi connectivity index (χ3n) is 7.12. The summed E-state index contributed by atoms with van der Waals surface area (Å²) in [7, 11) is 0. The van der Waals surface area contributed by atoms with Crippen molar-refractivity contribution >= 4 is 23.5 Å². The van der Waals surface area contributed by atoms with E-state index in [-0.39, 0.29) is 31.6 Å². The predicted molar refractivity (Wildman–Crippen MR) is 161 cm³/mol. The number of hydrogen-bond acceptors (Lipinski definition) is 7. The molecule has 0 bridgehead atoms. The molecule has 0 unspecified atom stereocenters. The first kappa shape index (κ1) is 30.5. The van der Waals surface area contributed by atoms with Crippen LogP contribution in [0.2, 0.25) is 5.02 Å². The number of carbonyl (C=O) groups excluding carboxylic acids is 1. The maximum Gasteiger partial charge on any atom is 0.322 e. The van der Waals surface area contributed by atoms with Gasteiger partial charge in [0.1, 0.15) is 42.6 Å². The number of nitriles is 1. The van der Waals surface area contributed by atoms with E-state index in [9.17, 15) is 19.2 Å². The van der Waals surface area contributed by atoms with Gasteiger partial charge in [-0.3, -0.25) is 14.6 Å². The third kappa shape index (κ3) is 7.32. The van der Waals surface area contributed by atoms with Crippen molar-refractivity contribution in [3.8, 4) is 28.7 Å². The summed E-state index contributed by atoms with van der Waals surface area (Å²) in [5.74, 6) is -1.07. The number of fused-ring (bicyclic) bond motifs is 1. The minimum atomic E-state index is -1.14. The Kier molecular flexibility index (Phi) is 9.69. The lowest BCUT2D eigenvalue weighted by Crippen LogP contribution is -2.36. The topological polar surface area (TPSA) is 134 Å². The highest BCUT2D eigenvalue weighted by Gasteiger charge is 2.28. The van der Waals surface area contributed by atoms with Gasteiger partial charge >= 0.3 is 5.97 Å². The Labute approximate surface area is 258 Å². The Bertz CT molecular complexity index is 1740. The lowest BCUT2D eigenvalue weighted by molar-refractivity contribution is -0.137. The average molecular weight is 615 g/mol. The zero-order chi connectivity index (χ0) is 31.1. The molecule has 1 aliphatic carbocycles. The molecule has 0 spiro atoms. The van der Waals surface area contributed by atoms with Crippen LogP contribution in [0.3, 0.4) is 0 Å². The van der Waals surface area contributed by atoms with E-state index in [1.54, 1.807) is 36.5 Å². The van der Waals surface area contributed by atoms with Gasteiger partial charge in [-0.2, -0.15) is 5.26 Å². The number of hydrogen-bond donors (Lipinski definition) is 3. The van der Waals surface area contributed by atoms with Crippen LogP contribution >= 0.6 is 11.6 Å². The first-order valence-corrected chi connectivity index (χ1v) is 14.2. The van der Waals surface area contributed by atoms with Crippen molar-refractivity contribution in [2.24, 2.45) is 0 Å². The van der Waals surface area contributed by atoms with Gasteiger partial charge in [0, 0.05) is 41.7 Å². The largest absolute Gasteiger partial charge is 0.488 e. The van der Waals surface area contributed by atoms with Gasteiger partial charge in [0.2, 0.25) is 5.91 Å². The zero-order valence-electron chi connectivity index (χ0n) is 23.5. The van der Waals surface area contributed by atoms with Crippen LogP contribution in [0.15, 0.2) is 73.1 Å². The van der Waals surface area contributed by atoms with Crippen molar-refractivity contribution in [3.63, 3.8) is 0 Å². The highest BCUT2D eigenvalue weighted by Crippen LogP contribution is 2.43. The number of aliphatic carboxylic acids is 1. The molecular weight excluding hydrogens is 587 g/mol. The molecule has 11 heteroatoms. The van der Waals surface area contributed by atoms with E-state index in [4.69, 9.17) is 26.2 Å². The monoisotopic (exact) mass is 614 g/mol. The Morgan fingerprint density at radius 2 is 1.89 bits per heavy atom. The van der Waals surface area contributed by atoms with Crippen LogP contribution in [0.25, 0.3) is 11.1 Å². The number of carboxylic acid groups (broad SMARTS) is 1. The van der Waals surface area contributed by atoms with Gasteiger partial charge in [-0.1, -0.05) is 48.0 Å². The molecule has 4 aromatic rings. The minimum Gasteiger partial charge on any atom is -0.488 e. The van der Waals surface area contributed by atoms with Crippen molar-refractivity contribution in [2.45, 2.75) is 32.1 Å². The highest BCUT2D eigenvalue weighted by atomic mass is 35.5. The van der Waals surface area contributed by atoms with Crippen molar-refractivity contribution in [1.29, 1.82) is 5.26 Å². The van der Waals surface area contributed by atoms with E-state index in [1.807, 2.05) is 24.3 Å². The van der Waals surface area contributed by atoms with Crippen molar-refractivity contribution in [1.82, 2.24) is 15.6 Å². The number of carboxylic acids is 1. The summed E-state index contributed by atoms with van der Waals surface area (Å²) in [5.41, 5.74) is 5.08. The smallest absolute Gasteiger partial charge is 0.322 e. The van der Waals surface area contributed by atoms with Crippen LogP contribution in [0, 0.1) is 17.1 Å². The summed E-state index contributed by atoms with van der Waals surface area (Å²) in [6.07, 6.45) is 4.12. The van der Waals surface area contributed by atoms with E-state index >= 15 is 0 Å². The molecule has 0 saturated carbocycles. The number of pyridine rings is 1. The lowest BCUT2D eigenvalue weighted by Gasteiger charge is -2.20. The van der Waals surface area contributed by atoms with Crippen LogP contribution in [-0.4, -0.2) is 35.1 Å². The second-order valence-corrected chi connectivity index (χ2v) is 10.6. The van der Waals surface area contributed by atoms with Crippen LogP contribution in [0.1, 0.15) is 40.3 Å². The van der Waals surface area contributed by atoms with Gasteiger partial charge in [0.15, 0.2) is 0 Å². The second kappa shape index (κ2) is 14.0. The van der Waals surface area contributed by atoms with Crippen LogP contribution in [-0.2, 0) is 29.2 Å². The van der Waals surface area contributed by atoms with Crippen molar-refractivity contribution < 1.29 is 28.6 Å². The molecule has 1 aromatic heterocycles. The molecule has 0 radical (unpaired) electrons. The number of rotatable bonds is 12. The average Bonchev–Trinajstić information content (AvgIpc) is 3.44. The normalized spacial score (nSPS) is 13.5. The molecule has 1 atom stereocenters. The van der Waals surface area contributed by atoms with Crippen LogP contribution in [0.4, 0.5) is 4.39 Å². The lowest BCUT2D eigenvalue weighted by atomic mass is 9.96. The van der Waals surface area contributed by atoms with E-state index < -0.39 is 18.4 Å². The Balaban J connectivity index is 1.37. The number of nitrogens with zero attached hydrogens (tertiary/aromatic N) is 2. The number of nitrogens with one attached hydrogen (secondary N) is 2. The summed E-state index contributed by atoms with van der Waals surface area (Å²) >= 11 is 6.69. The molecule has 1 amide bonds. The van der Waals surface area contributed by atoms with Gasteiger partial charge in [0.25, 0.3) is 0 Å². The third-order valence-corrected chi connectivity index (χ3v) is 7.42. The summed E-state index contributed by atoms with van der Waals surface area (Å²) in [6, 6.07) is 19.6. The molecule has 1 heterocycles. The van der Waals surface area contributed by atoms with E-state index in [2.05, 4.69) is 21.7 Å². The van der Waals surface area contributed by atoms with Gasteiger partial charge in [-0.15, -0.1) is 0 Å². The standard InChI is InChI=1S/C33H28ClFN4O5/c34-27-11-22(16-38-17-32(40)39-18-33(41)42)30(43-19-21-10-20(13-36)14-37-15-21)12-31(27)44-29-9-8-24-23(5-3-6-26(24)29)25-4-1-2-7-28(25)35/h1-7,10-12,14-15,29,38H,8-9,16-19H2,(H,39,40)(H,41,42)/t29-/m0/s1. The SMILES string of the molecule is N#Cc1cncc(COc2cc(O[C@H]3CCc4c(-c5ccccc5F)cccc43)c(Cl)cc2CNCC(=O)NCC(=O)O)c1. The molecule has 3 N–H and O–H groups in total. The second-order valence-electron chi connectivity index (χ2n) is 10.1. The fourth-order valence-corrected chi connectivity index (χ4v) is 5.33. The molecule has 3 aromatic carbocycles. The Morgan fingerprint density at radius 3 is 2.68 bits per heavy atom. The molecule has 5 rings (SSSR count). The highest BCUT2D eigenvalue weighted by molar-refractivity contribution is 6.32. The summed E-state index contributed by atoms with van der Waals surface area (Å²) in [4.78, 5) is 26.8. The molecule has 0 fully saturated rings. The molecule has 1 aliphatic rings. The van der Waals surface area contributed by atoms with Gasteiger partial charge in [0.05, 0.1) is 17.1 Å². The van der Waals surface area contributed by atoms with Gasteiger partial charge < -0.3 is 25.2 Å². The number of ether oxygens (including phenoxy) is 2. The number of amides is 1. The van der Waals surface area contributed by atoms with Crippen molar-refractivity contribution in [2.75, 3.05) is 13.1 Å². The minimum absolute atomic E-state index is 0.105. The molecule has 9 nitrogen and oxygen atoms in total. The zero-order valence-corrected chi connectivity index (χ0v) is 24.2. The van der Waals surface area contributed by atoms with Gasteiger partial charge in [-0.25, -0.2) is 4.39 Å². The number of halogens is 2. The maximum atomic E-state index is 14.6. The maximum absolute atomic E-state index is 14.6. The van der Waals surface area contributed by atoms with Gasteiger partial charge in [-0.05, 0) is 47.7 Å². The number of carbonyl (C=O) groups is 2. The fraction of sp³-hybridized carbons (Fsp3) is 0.212. The summed E-state index contributed by atoms with van der Waals surface area (Å²) in [6.45, 7) is -0.312.